The van der Waals surface area contributed by atoms with Gasteiger partial charge in [-0.3, -0.25) is 14.4 Å². The molecule has 0 aromatic heterocycles. The van der Waals surface area contributed by atoms with Crippen LogP contribution in [0, 0.1) is 0 Å². The van der Waals surface area contributed by atoms with E-state index in [0.717, 1.165) is 38.5 Å². The van der Waals surface area contributed by atoms with Crippen molar-refractivity contribution in [2.24, 2.45) is 0 Å². The van der Waals surface area contributed by atoms with Crippen LogP contribution in [0.25, 0.3) is 0 Å². The van der Waals surface area contributed by atoms with Crippen LogP contribution in [0.1, 0.15) is 69.2 Å². The number of rotatable bonds is 9. The molecule has 31 heavy (non-hydrogen) atoms. The van der Waals surface area contributed by atoms with Crippen LogP contribution in [0.4, 0.5) is 0 Å². The monoisotopic (exact) mass is 429 g/mol. The predicted octanol–water partition coefficient (Wildman–Crippen LogP) is 2.65. The Hall–Kier alpha value is -2.41. The molecule has 1 heterocycles. The summed E-state index contributed by atoms with van der Waals surface area (Å²) in [5.41, 5.74) is -0.499. The molecule has 170 valence electrons. The molecule has 2 N–H and O–H groups in total. The fourth-order valence-corrected chi connectivity index (χ4v) is 4.40. The average molecular weight is 430 g/mol. The van der Waals surface area contributed by atoms with Gasteiger partial charge >= 0.3 is 0 Å². The minimum absolute atomic E-state index is 0.0843. The SMILES string of the molecule is CC[C@@](C)(C(=O)NC1CCCC1)N(C[C@@H]1CCCO1)C(=O)CNC(=O)c1ccccc1. The molecule has 1 aliphatic carbocycles. The van der Waals surface area contributed by atoms with E-state index in [1.54, 1.807) is 29.2 Å². The molecule has 0 spiro atoms. The van der Waals surface area contributed by atoms with Crippen LogP contribution in [0.15, 0.2) is 30.3 Å². The number of hydrogen-bond donors (Lipinski definition) is 2. The second-order valence-corrected chi connectivity index (χ2v) is 8.77. The summed E-state index contributed by atoms with van der Waals surface area (Å²) in [7, 11) is 0. The number of benzene rings is 1. The first-order valence-electron chi connectivity index (χ1n) is 11.5. The van der Waals surface area contributed by atoms with Crippen molar-refractivity contribution in [2.45, 2.75) is 76.5 Å². The molecule has 1 saturated carbocycles. The van der Waals surface area contributed by atoms with Crippen molar-refractivity contribution in [3.63, 3.8) is 0 Å². The molecule has 7 nitrogen and oxygen atoms in total. The van der Waals surface area contributed by atoms with Gasteiger partial charge < -0.3 is 20.3 Å². The van der Waals surface area contributed by atoms with Crippen LogP contribution in [-0.2, 0) is 14.3 Å². The zero-order chi connectivity index (χ0) is 22.3. The average Bonchev–Trinajstić information content (AvgIpc) is 3.50. The van der Waals surface area contributed by atoms with Crippen LogP contribution < -0.4 is 10.6 Å². The lowest BCUT2D eigenvalue weighted by atomic mass is 9.93. The van der Waals surface area contributed by atoms with Crippen LogP contribution in [-0.4, -0.2) is 60.0 Å². The topological polar surface area (TPSA) is 87.7 Å². The summed E-state index contributed by atoms with van der Waals surface area (Å²) in [5, 5.41) is 5.87. The van der Waals surface area contributed by atoms with Gasteiger partial charge in [0.25, 0.3) is 5.91 Å². The third-order valence-corrected chi connectivity index (χ3v) is 6.61. The predicted molar refractivity (Wildman–Crippen MR) is 119 cm³/mol. The normalized spacial score (nSPS) is 20.8. The molecule has 1 aliphatic heterocycles. The van der Waals surface area contributed by atoms with Gasteiger partial charge in [0.2, 0.25) is 11.8 Å². The summed E-state index contributed by atoms with van der Waals surface area (Å²) in [5.74, 6) is -0.701. The fraction of sp³-hybridized carbons (Fsp3) is 0.625. The lowest BCUT2D eigenvalue weighted by Crippen LogP contribution is -2.62. The Morgan fingerprint density at radius 1 is 1.10 bits per heavy atom. The second kappa shape index (κ2) is 10.8. The summed E-state index contributed by atoms with van der Waals surface area (Å²) in [6.07, 6.45) is 6.43. The Balaban J connectivity index is 1.72. The summed E-state index contributed by atoms with van der Waals surface area (Å²) in [4.78, 5) is 40.6. The Morgan fingerprint density at radius 2 is 1.81 bits per heavy atom. The van der Waals surface area contributed by atoms with E-state index in [2.05, 4.69) is 10.6 Å². The summed E-state index contributed by atoms with van der Waals surface area (Å²) in [6.45, 7) is 4.61. The minimum atomic E-state index is -0.997. The molecule has 0 radical (unpaired) electrons. The van der Waals surface area contributed by atoms with Gasteiger partial charge in [-0.1, -0.05) is 38.0 Å². The number of nitrogens with zero attached hydrogens (tertiary/aromatic N) is 1. The van der Waals surface area contributed by atoms with Crippen molar-refractivity contribution in [2.75, 3.05) is 19.7 Å². The van der Waals surface area contributed by atoms with E-state index in [0.29, 0.717) is 25.1 Å². The van der Waals surface area contributed by atoms with Gasteiger partial charge in [-0.05, 0) is 51.2 Å². The molecule has 1 saturated heterocycles. The number of nitrogens with one attached hydrogen (secondary N) is 2. The van der Waals surface area contributed by atoms with E-state index in [1.165, 1.54) is 0 Å². The van der Waals surface area contributed by atoms with Gasteiger partial charge in [0.15, 0.2) is 0 Å². The van der Waals surface area contributed by atoms with Gasteiger partial charge in [0, 0.05) is 24.8 Å². The molecule has 1 aromatic carbocycles. The molecule has 1 aromatic rings. The second-order valence-electron chi connectivity index (χ2n) is 8.77. The summed E-state index contributed by atoms with van der Waals surface area (Å²) in [6, 6.07) is 8.98. The van der Waals surface area contributed by atoms with E-state index in [1.807, 2.05) is 19.9 Å². The molecule has 7 heteroatoms. The lowest BCUT2D eigenvalue weighted by molar-refractivity contribution is -0.149. The maximum atomic E-state index is 13.3. The molecule has 2 fully saturated rings. The third-order valence-electron chi connectivity index (χ3n) is 6.61. The number of carbonyl (C=O) groups is 3. The highest BCUT2D eigenvalue weighted by Gasteiger charge is 2.42. The standard InChI is InChI=1S/C24H35N3O4/c1-3-24(2,23(30)26-19-12-7-8-13-19)27(17-20-14-9-15-31-20)21(28)16-25-22(29)18-10-5-4-6-11-18/h4-6,10-11,19-20H,3,7-9,12-17H2,1-2H3,(H,25,29)(H,26,30)/t20-,24-/m0/s1. The zero-order valence-corrected chi connectivity index (χ0v) is 18.7. The smallest absolute Gasteiger partial charge is 0.251 e. The molecule has 0 bridgehead atoms. The highest BCUT2D eigenvalue weighted by Crippen LogP contribution is 2.26. The van der Waals surface area contributed by atoms with Gasteiger partial charge in [-0.15, -0.1) is 0 Å². The molecule has 2 aliphatic rings. The maximum Gasteiger partial charge on any atom is 0.251 e. The minimum Gasteiger partial charge on any atom is -0.376 e. The van der Waals surface area contributed by atoms with Gasteiger partial charge in [-0.2, -0.15) is 0 Å². The van der Waals surface area contributed by atoms with Crippen molar-refractivity contribution >= 4 is 17.7 Å². The van der Waals surface area contributed by atoms with Gasteiger partial charge in [0.1, 0.15) is 5.54 Å². The zero-order valence-electron chi connectivity index (χ0n) is 18.7. The fourth-order valence-electron chi connectivity index (χ4n) is 4.40. The van der Waals surface area contributed by atoms with Crippen molar-refractivity contribution < 1.29 is 19.1 Å². The van der Waals surface area contributed by atoms with Gasteiger partial charge in [0.05, 0.1) is 12.6 Å². The Labute approximate surface area is 184 Å². The third kappa shape index (κ3) is 5.85. The lowest BCUT2D eigenvalue weighted by Gasteiger charge is -2.41. The van der Waals surface area contributed by atoms with E-state index in [-0.39, 0.29) is 36.4 Å². The Bertz CT molecular complexity index is 757. The van der Waals surface area contributed by atoms with Gasteiger partial charge in [-0.25, -0.2) is 0 Å². The van der Waals surface area contributed by atoms with Crippen molar-refractivity contribution in [1.82, 2.24) is 15.5 Å². The molecular weight excluding hydrogens is 394 g/mol. The van der Waals surface area contributed by atoms with Crippen molar-refractivity contribution in [3.8, 4) is 0 Å². The van der Waals surface area contributed by atoms with Crippen LogP contribution >= 0.6 is 0 Å². The molecule has 2 atom stereocenters. The number of ether oxygens (including phenoxy) is 1. The molecular formula is C24H35N3O4. The van der Waals surface area contributed by atoms with E-state index >= 15 is 0 Å². The quantitative estimate of drug-likeness (QED) is 0.632. The van der Waals surface area contributed by atoms with E-state index in [9.17, 15) is 14.4 Å². The van der Waals surface area contributed by atoms with Crippen molar-refractivity contribution in [1.29, 1.82) is 0 Å². The van der Waals surface area contributed by atoms with Crippen LogP contribution in [0.2, 0.25) is 0 Å². The molecule has 3 amide bonds. The number of amides is 3. The Kier molecular flexibility index (Phi) is 8.07. The first-order valence-corrected chi connectivity index (χ1v) is 11.5. The van der Waals surface area contributed by atoms with Crippen LogP contribution in [0.5, 0.6) is 0 Å². The number of carbonyl (C=O) groups excluding carboxylic acids is 3. The van der Waals surface area contributed by atoms with E-state index < -0.39 is 5.54 Å². The molecule has 3 rings (SSSR count). The largest absolute Gasteiger partial charge is 0.376 e. The van der Waals surface area contributed by atoms with Crippen LogP contribution in [0.3, 0.4) is 0 Å². The number of hydrogen-bond acceptors (Lipinski definition) is 4. The van der Waals surface area contributed by atoms with E-state index in [4.69, 9.17) is 4.74 Å². The molecule has 0 unspecified atom stereocenters. The Morgan fingerprint density at radius 3 is 2.42 bits per heavy atom. The first-order chi connectivity index (χ1) is 14.9. The maximum absolute atomic E-state index is 13.3. The van der Waals surface area contributed by atoms with Crippen molar-refractivity contribution in [3.05, 3.63) is 35.9 Å². The highest BCUT2D eigenvalue weighted by atomic mass is 16.5. The summed E-state index contributed by atoms with van der Waals surface area (Å²) < 4.78 is 5.77. The highest BCUT2D eigenvalue weighted by molar-refractivity contribution is 5.97. The summed E-state index contributed by atoms with van der Waals surface area (Å²) >= 11 is 0. The first kappa shape index (κ1) is 23.3.